The fourth-order valence-electron chi connectivity index (χ4n) is 1.14. The van der Waals surface area contributed by atoms with Crippen LogP contribution in [0, 0.1) is 0 Å². The third-order valence-corrected chi connectivity index (χ3v) is 2.17. The van der Waals surface area contributed by atoms with Crippen molar-refractivity contribution in [1.82, 2.24) is 0 Å². The predicted molar refractivity (Wildman–Crippen MR) is 64.6 cm³/mol. The summed E-state index contributed by atoms with van der Waals surface area (Å²) >= 11 is 0. The standard InChI is InChI=1S/C8H12.C5H2F6O2.Cu/c1-2-4-6-8-7-5-3-1;6-4(7,8)2(12)1-3(13)5(9,10)11;/h1-2,7-8H,3-6H2;1,12H;/b2-1-,8-7?;2-1-;. The zero-order valence-electron chi connectivity index (χ0n) is 11.1. The summed E-state index contributed by atoms with van der Waals surface area (Å²) in [6.45, 7) is 0. The first-order valence-corrected chi connectivity index (χ1v) is 5.94. The van der Waals surface area contributed by atoms with Crippen molar-refractivity contribution in [2.24, 2.45) is 0 Å². The molecular weight excluding hydrogens is 366 g/mol. The minimum atomic E-state index is -5.42. The van der Waals surface area contributed by atoms with Gasteiger partial charge in [-0.05, 0) is 25.7 Å². The number of hydrogen-bond acceptors (Lipinski definition) is 2. The smallest absolute Gasteiger partial charge is 0.454 e. The van der Waals surface area contributed by atoms with Gasteiger partial charge in [-0.25, -0.2) is 0 Å². The molecule has 9 heteroatoms. The Bertz CT molecular complexity index is 395. The molecule has 0 aliphatic heterocycles. The molecule has 1 aliphatic carbocycles. The molecule has 0 fully saturated rings. The topological polar surface area (TPSA) is 37.3 Å². The third-order valence-electron chi connectivity index (χ3n) is 2.17. The van der Waals surface area contributed by atoms with E-state index >= 15 is 0 Å². The van der Waals surface area contributed by atoms with Gasteiger partial charge in [-0.2, -0.15) is 26.3 Å². The van der Waals surface area contributed by atoms with Gasteiger partial charge >= 0.3 is 12.4 Å². The summed E-state index contributed by atoms with van der Waals surface area (Å²) in [5.74, 6) is -5.34. The third kappa shape index (κ3) is 11.4. The number of aliphatic hydroxyl groups is 1. The summed E-state index contributed by atoms with van der Waals surface area (Å²) < 4.78 is 68.1. The quantitative estimate of drug-likeness (QED) is 0.234. The maximum atomic E-state index is 11.4. The van der Waals surface area contributed by atoms with E-state index in [9.17, 15) is 31.1 Å². The number of halogens is 6. The van der Waals surface area contributed by atoms with Crippen molar-refractivity contribution in [3.05, 3.63) is 36.1 Å². The first-order valence-electron chi connectivity index (χ1n) is 5.94. The van der Waals surface area contributed by atoms with E-state index in [1.165, 1.54) is 25.7 Å². The molecule has 131 valence electrons. The van der Waals surface area contributed by atoms with Gasteiger partial charge in [-0.15, -0.1) is 0 Å². The van der Waals surface area contributed by atoms with E-state index in [4.69, 9.17) is 5.11 Å². The molecule has 22 heavy (non-hydrogen) atoms. The molecule has 0 amide bonds. The molecule has 0 spiro atoms. The van der Waals surface area contributed by atoms with Gasteiger partial charge in [0.2, 0.25) is 5.76 Å². The Hall–Kier alpha value is -1.21. The minimum absolute atomic E-state index is 0. The molecule has 1 N–H and O–H groups in total. The van der Waals surface area contributed by atoms with Gasteiger partial charge in [0.1, 0.15) is 0 Å². The molecule has 0 saturated heterocycles. The van der Waals surface area contributed by atoms with Gasteiger partial charge in [-0.1, -0.05) is 24.3 Å². The average molecular weight is 380 g/mol. The van der Waals surface area contributed by atoms with Crippen LogP contribution in [-0.2, 0) is 21.9 Å². The predicted octanol–water partition coefficient (Wildman–Crippen LogP) is 4.79. The van der Waals surface area contributed by atoms with Crippen LogP contribution in [-0.4, -0.2) is 23.2 Å². The molecule has 0 aromatic rings. The van der Waals surface area contributed by atoms with Gasteiger partial charge < -0.3 is 5.11 Å². The number of rotatable bonds is 1. The van der Waals surface area contributed by atoms with Crippen LogP contribution in [0.1, 0.15) is 25.7 Å². The molecule has 0 saturated carbocycles. The monoisotopic (exact) mass is 379 g/mol. The second-order valence-corrected chi connectivity index (χ2v) is 3.99. The molecule has 0 aromatic heterocycles. The molecule has 0 aromatic carbocycles. The Morgan fingerprint density at radius 2 is 1.14 bits per heavy atom. The van der Waals surface area contributed by atoms with E-state index in [1.54, 1.807) is 0 Å². The van der Waals surface area contributed by atoms with E-state index in [0.717, 1.165) is 0 Å². The first-order chi connectivity index (χ1) is 9.55. The minimum Gasteiger partial charge on any atom is -0.504 e. The van der Waals surface area contributed by atoms with Crippen LogP contribution < -0.4 is 0 Å². The number of carbonyl (C=O) groups is 1. The number of hydrogen-bond donors (Lipinski definition) is 1. The van der Waals surface area contributed by atoms with Crippen LogP contribution in [0.25, 0.3) is 0 Å². The summed E-state index contributed by atoms with van der Waals surface area (Å²) in [5.41, 5.74) is 0. The number of carbonyl (C=O) groups excluding carboxylic acids is 1. The van der Waals surface area contributed by atoms with Crippen LogP contribution in [0.4, 0.5) is 26.3 Å². The Morgan fingerprint density at radius 3 is 1.36 bits per heavy atom. The van der Waals surface area contributed by atoms with Gasteiger partial charge in [-0.3, -0.25) is 4.79 Å². The Morgan fingerprint density at radius 1 is 0.818 bits per heavy atom. The second-order valence-electron chi connectivity index (χ2n) is 3.99. The van der Waals surface area contributed by atoms with Gasteiger partial charge in [0.25, 0.3) is 5.78 Å². The molecule has 0 heterocycles. The van der Waals surface area contributed by atoms with Crippen LogP contribution in [0.2, 0.25) is 0 Å². The maximum absolute atomic E-state index is 11.4. The van der Waals surface area contributed by atoms with E-state index in [-0.39, 0.29) is 17.1 Å². The Labute approximate surface area is 134 Å². The summed E-state index contributed by atoms with van der Waals surface area (Å²) in [6.07, 6.45) is 2.32. The fourth-order valence-corrected chi connectivity index (χ4v) is 1.14. The van der Waals surface area contributed by atoms with Crippen LogP contribution in [0.5, 0.6) is 0 Å². The fraction of sp³-hybridized carbons (Fsp3) is 0.462. The molecule has 1 rings (SSSR count). The van der Waals surface area contributed by atoms with Crippen LogP contribution in [0.15, 0.2) is 36.1 Å². The van der Waals surface area contributed by atoms with E-state index in [0.29, 0.717) is 0 Å². The zero-order chi connectivity index (χ0) is 16.5. The molecule has 1 aliphatic rings. The van der Waals surface area contributed by atoms with E-state index in [1.807, 2.05) is 0 Å². The molecule has 2 nitrogen and oxygen atoms in total. The van der Waals surface area contributed by atoms with E-state index in [2.05, 4.69) is 24.3 Å². The van der Waals surface area contributed by atoms with Crippen molar-refractivity contribution >= 4 is 5.78 Å². The molecule has 0 bridgehead atoms. The van der Waals surface area contributed by atoms with Gasteiger partial charge in [0.15, 0.2) is 0 Å². The Balaban J connectivity index is 0. The number of alkyl halides is 6. The summed E-state index contributed by atoms with van der Waals surface area (Å²) in [7, 11) is 0. The molecule has 0 unspecified atom stereocenters. The normalized spacial score (nSPS) is 17.3. The number of aliphatic hydroxyl groups excluding tert-OH is 1. The van der Waals surface area contributed by atoms with Crippen molar-refractivity contribution < 1.29 is 53.3 Å². The van der Waals surface area contributed by atoms with Gasteiger partial charge in [0, 0.05) is 23.1 Å². The maximum Gasteiger partial charge on any atom is 0.454 e. The second kappa shape index (κ2) is 10.5. The van der Waals surface area contributed by atoms with Crippen molar-refractivity contribution in [2.75, 3.05) is 0 Å². The zero-order valence-corrected chi connectivity index (χ0v) is 12.1. The van der Waals surface area contributed by atoms with Crippen molar-refractivity contribution in [1.29, 1.82) is 0 Å². The summed E-state index contributed by atoms with van der Waals surface area (Å²) in [5, 5.41) is 7.93. The molecule has 0 atom stereocenters. The largest absolute Gasteiger partial charge is 0.504 e. The summed E-state index contributed by atoms with van der Waals surface area (Å²) in [4.78, 5) is 9.86. The number of ketones is 1. The first kappa shape index (κ1) is 23.1. The van der Waals surface area contributed by atoms with E-state index < -0.39 is 30.0 Å². The van der Waals surface area contributed by atoms with Crippen LogP contribution in [0.3, 0.4) is 0 Å². The average Bonchev–Trinajstić information content (AvgIpc) is 2.25. The van der Waals surface area contributed by atoms with Gasteiger partial charge in [0.05, 0.1) is 0 Å². The van der Waals surface area contributed by atoms with Crippen molar-refractivity contribution in [3.8, 4) is 0 Å². The Kier molecular flexibility index (Phi) is 11.0. The number of allylic oxidation sites excluding steroid dienone is 6. The molecule has 1 radical (unpaired) electrons. The molecular formula is C13H14CuF6O2. The summed E-state index contributed by atoms with van der Waals surface area (Å²) in [6, 6.07) is 0. The SMILES string of the molecule is C1=CCC/C=C\CC1.O=C(/C=C(\O)C(F)(F)F)C(F)(F)F.[Cu]. The van der Waals surface area contributed by atoms with Crippen molar-refractivity contribution in [2.45, 2.75) is 38.0 Å². The van der Waals surface area contributed by atoms with Crippen LogP contribution >= 0.6 is 0 Å². The van der Waals surface area contributed by atoms with Crippen molar-refractivity contribution in [3.63, 3.8) is 0 Å².